The molecule has 4 aromatic rings. The van der Waals surface area contributed by atoms with Crippen LogP contribution in [0.15, 0.2) is 53.3 Å². The van der Waals surface area contributed by atoms with Crippen LogP contribution in [0.1, 0.15) is 36.2 Å². The minimum Gasteiger partial charge on any atom is -0.324 e. The molecule has 2 aromatic carbocycles. The predicted molar refractivity (Wildman–Crippen MR) is 116 cm³/mol. The highest BCUT2D eigenvalue weighted by molar-refractivity contribution is 5.98. The number of carbonyl (C=O) groups excluding carboxylic acids is 1. The normalized spacial score (nSPS) is 12.4. The van der Waals surface area contributed by atoms with Gasteiger partial charge in [-0.25, -0.2) is 4.52 Å². The van der Waals surface area contributed by atoms with Crippen molar-refractivity contribution in [3.05, 3.63) is 75.7 Å². The fourth-order valence-electron chi connectivity index (χ4n) is 3.89. The molecule has 1 unspecified atom stereocenters. The van der Waals surface area contributed by atoms with Crippen molar-refractivity contribution in [3.63, 3.8) is 0 Å². The highest BCUT2D eigenvalue weighted by atomic mass is 16.2. The lowest BCUT2D eigenvalue weighted by molar-refractivity contribution is -0.119. The maximum Gasteiger partial charge on any atom is 0.273 e. The van der Waals surface area contributed by atoms with E-state index in [9.17, 15) is 9.59 Å². The molecule has 0 saturated carbocycles. The lowest BCUT2D eigenvalue weighted by Crippen LogP contribution is -2.29. The number of aryl methyl sites for hydroxylation is 2. The maximum atomic E-state index is 13.3. The summed E-state index contributed by atoms with van der Waals surface area (Å²) in [5.74, 6) is -0.0954. The number of fused-ring (bicyclic) bond motifs is 3. The Balaban J connectivity index is 1.90. The van der Waals surface area contributed by atoms with Crippen LogP contribution in [-0.4, -0.2) is 20.1 Å². The van der Waals surface area contributed by atoms with Crippen LogP contribution < -0.4 is 10.9 Å². The number of benzene rings is 2. The molecule has 29 heavy (non-hydrogen) atoms. The van der Waals surface area contributed by atoms with Crippen LogP contribution >= 0.6 is 0 Å². The zero-order valence-electron chi connectivity index (χ0n) is 17.1. The predicted octanol–water partition coefficient (Wildman–Crippen LogP) is 4.16. The zero-order valence-corrected chi connectivity index (χ0v) is 17.1. The first-order valence-corrected chi connectivity index (χ1v) is 9.79. The first-order chi connectivity index (χ1) is 13.9. The van der Waals surface area contributed by atoms with E-state index in [0.29, 0.717) is 12.1 Å². The van der Waals surface area contributed by atoms with Crippen LogP contribution in [0.3, 0.4) is 0 Å². The molecule has 0 fully saturated rings. The molecule has 2 aromatic heterocycles. The summed E-state index contributed by atoms with van der Waals surface area (Å²) >= 11 is 0. The van der Waals surface area contributed by atoms with E-state index in [0.717, 1.165) is 33.4 Å². The number of anilines is 1. The molecular weight excluding hydrogens is 364 g/mol. The molecular formula is C23H24N4O2. The number of aromatic nitrogens is 3. The summed E-state index contributed by atoms with van der Waals surface area (Å²) in [4.78, 5) is 29.6. The summed E-state index contributed by atoms with van der Waals surface area (Å²) in [5, 5.41) is 3.95. The number of rotatable bonds is 4. The Hall–Kier alpha value is -3.41. The van der Waals surface area contributed by atoms with Crippen molar-refractivity contribution in [2.75, 3.05) is 5.32 Å². The van der Waals surface area contributed by atoms with Crippen molar-refractivity contribution < 1.29 is 4.79 Å². The molecule has 6 heteroatoms. The van der Waals surface area contributed by atoms with E-state index in [1.165, 1.54) is 6.07 Å². The van der Waals surface area contributed by atoms with Gasteiger partial charge in [0, 0.05) is 22.8 Å². The van der Waals surface area contributed by atoms with Crippen molar-refractivity contribution in [1.82, 2.24) is 14.2 Å². The first kappa shape index (κ1) is 18.9. The Kier molecular flexibility index (Phi) is 4.70. The quantitative estimate of drug-likeness (QED) is 0.571. The molecule has 2 heterocycles. The van der Waals surface area contributed by atoms with Gasteiger partial charge in [0.25, 0.3) is 5.56 Å². The van der Waals surface area contributed by atoms with Crippen LogP contribution in [0.5, 0.6) is 0 Å². The van der Waals surface area contributed by atoms with E-state index in [1.54, 1.807) is 0 Å². The van der Waals surface area contributed by atoms with Gasteiger partial charge in [-0.15, -0.1) is 0 Å². The van der Waals surface area contributed by atoms with Crippen LogP contribution in [0, 0.1) is 20.8 Å². The van der Waals surface area contributed by atoms with Gasteiger partial charge in [-0.1, -0.05) is 31.2 Å². The molecule has 148 valence electrons. The summed E-state index contributed by atoms with van der Waals surface area (Å²) in [5.41, 5.74) is 4.91. The van der Waals surface area contributed by atoms with Crippen molar-refractivity contribution in [2.24, 2.45) is 0 Å². The lowest BCUT2D eigenvalue weighted by atomic mass is 10.1. The molecule has 1 atom stereocenters. The van der Waals surface area contributed by atoms with Crippen molar-refractivity contribution in [1.29, 1.82) is 0 Å². The Morgan fingerprint density at radius 3 is 2.62 bits per heavy atom. The van der Waals surface area contributed by atoms with Gasteiger partial charge in [0.2, 0.25) is 5.91 Å². The summed E-state index contributed by atoms with van der Waals surface area (Å²) in [6.07, 6.45) is 0.593. The number of hydrogen-bond acceptors (Lipinski definition) is 3. The molecule has 1 amide bonds. The van der Waals surface area contributed by atoms with Gasteiger partial charge >= 0.3 is 0 Å². The van der Waals surface area contributed by atoms with Crippen LogP contribution in [0.25, 0.3) is 16.6 Å². The Labute approximate surface area is 168 Å². The zero-order chi connectivity index (χ0) is 20.7. The average Bonchev–Trinajstić information content (AvgIpc) is 3.01. The number of para-hydroxylation sites is 1. The molecule has 0 aliphatic carbocycles. The summed E-state index contributed by atoms with van der Waals surface area (Å²) in [7, 11) is 0. The number of nitrogens with one attached hydrogen (secondary N) is 1. The number of hydrogen-bond donors (Lipinski definition) is 1. The van der Waals surface area contributed by atoms with Gasteiger partial charge in [-0.3, -0.25) is 14.3 Å². The van der Waals surface area contributed by atoms with E-state index in [4.69, 9.17) is 0 Å². The van der Waals surface area contributed by atoms with Gasteiger partial charge in [-0.2, -0.15) is 4.98 Å². The average molecular weight is 388 g/mol. The monoisotopic (exact) mass is 388 g/mol. The van der Waals surface area contributed by atoms with Gasteiger partial charge in [0.15, 0.2) is 5.65 Å². The van der Waals surface area contributed by atoms with Gasteiger partial charge in [-0.05, 0) is 56.5 Å². The largest absolute Gasteiger partial charge is 0.324 e. The fraction of sp³-hybridized carbons (Fsp3) is 0.261. The molecule has 0 bridgehead atoms. The van der Waals surface area contributed by atoms with E-state index in [1.807, 2.05) is 79.4 Å². The van der Waals surface area contributed by atoms with Crippen molar-refractivity contribution in [3.8, 4) is 0 Å². The second-order valence-electron chi connectivity index (χ2n) is 7.39. The molecule has 0 aliphatic rings. The van der Waals surface area contributed by atoms with Gasteiger partial charge in [0.05, 0.1) is 5.52 Å². The van der Waals surface area contributed by atoms with E-state index in [2.05, 4.69) is 10.3 Å². The van der Waals surface area contributed by atoms with Gasteiger partial charge < -0.3 is 5.32 Å². The third-order valence-electron chi connectivity index (χ3n) is 5.54. The van der Waals surface area contributed by atoms with E-state index in [-0.39, 0.29) is 11.5 Å². The Morgan fingerprint density at radius 2 is 1.86 bits per heavy atom. The highest BCUT2D eigenvalue weighted by Crippen LogP contribution is 2.28. The van der Waals surface area contributed by atoms with Crippen molar-refractivity contribution >= 4 is 28.1 Å². The minimum atomic E-state index is -0.458. The third-order valence-corrected chi connectivity index (χ3v) is 5.54. The van der Waals surface area contributed by atoms with Crippen LogP contribution in [0.2, 0.25) is 0 Å². The molecule has 1 N–H and O–H groups in total. The highest BCUT2D eigenvalue weighted by Gasteiger charge is 2.25. The summed E-state index contributed by atoms with van der Waals surface area (Å²) < 4.78 is 3.83. The Bertz CT molecular complexity index is 1300. The molecule has 4 rings (SSSR count). The second-order valence-corrected chi connectivity index (χ2v) is 7.39. The molecule has 0 aliphatic heterocycles. The summed E-state index contributed by atoms with van der Waals surface area (Å²) in [6, 6.07) is 14.7. The maximum absolute atomic E-state index is 13.3. The topological polar surface area (TPSA) is 68.4 Å². The van der Waals surface area contributed by atoms with Crippen LogP contribution in [-0.2, 0) is 4.79 Å². The van der Waals surface area contributed by atoms with Gasteiger partial charge in [0.1, 0.15) is 6.04 Å². The standard InChI is InChI=1S/C23H24N4O2/c1-5-19(23(29)24-18-11-8-9-14(2)16(18)4)27-20-12-7-6-10-17(20)22-25-21(28)13-15(3)26(22)27/h6-13,19H,5H2,1-4H3,(H,24,29). The third kappa shape index (κ3) is 3.10. The molecule has 0 spiro atoms. The molecule has 0 radical (unpaired) electrons. The minimum absolute atomic E-state index is 0.0954. The van der Waals surface area contributed by atoms with E-state index >= 15 is 0 Å². The number of carbonyl (C=O) groups is 1. The summed E-state index contributed by atoms with van der Waals surface area (Å²) in [6.45, 7) is 7.88. The number of amides is 1. The van der Waals surface area contributed by atoms with E-state index < -0.39 is 6.04 Å². The lowest BCUT2D eigenvalue weighted by Gasteiger charge is -2.21. The first-order valence-electron chi connectivity index (χ1n) is 9.79. The SMILES string of the molecule is CCC(C(=O)Nc1cccc(C)c1C)n1c2ccccc2c2nc(=O)cc(C)n21. The van der Waals surface area contributed by atoms with Crippen LogP contribution in [0.4, 0.5) is 5.69 Å². The van der Waals surface area contributed by atoms with Crippen molar-refractivity contribution in [2.45, 2.75) is 40.2 Å². The fourth-order valence-corrected chi connectivity index (χ4v) is 3.89. The second kappa shape index (κ2) is 7.20. The molecule has 0 saturated heterocycles. The smallest absolute Gasteiger partial charge is 0.273 e. The number of nitrogens with zero attached hydrogens (tertiary/aromatic N) is 3. The Morgan fingerprint density at radius 1 is 1.10 bits per heavy atom. The molecule has 6 nitrogen and oxygen atoms in total.